The Labute approximate surface area is 119 Å². The summed E-state index contributed by atoms with van der Waals surface area (Å²) in [5.41, 5.74) is 0.899. The molecule has 0 aliphatic rings. The lowest BCUT2D eigenvalue weighted by Crippen LogP contribution is -2.52. The predicted octanol–water partition coefficient (Wildman–Crippen LogP) is 3.56. The van der Waals surface area contributed by atoms with Crippen molar-refractivity contribution in [2.45, 2.75) is 66.0 Å². The molecule has 0 fully saturated rings. The number of carbonyl (C=O) groups is 1. The molecule has 1 N–H and O–H groups in total. The van der Waals surface area contributed by atoms with Gasteiger partial charge in [0.05, 0.1) is 5.66 Å². The standard InChI is InChI=1S/C16H32N2O/c1-8-9-12-17-16(5,6)18(7)14(4)10-11-15(19)13(2)3/h13,17H,4,8-12H2,1-3,5-7H3. The highest BCUT2D eigenvalue weighted by Crippen LogP contribution is 2.18. The number of unbranched alkanes of at least 4 members (excludes halogenated alkanes) is 1. The number of allylic oxidation sites excluding steroid dienone is 1. The van der Waals surface area contributed by atoms with Gasteiger partial charge in [-0.25, -0.2) is 0 Å². The lowest BCUT2D eigenvalue weighted by molar-refractivity contribution is -0.121. The third kappa shape index (κ3) is 6.76. The van der Waals surface area contributed by atoms with E-state index in [1.807, 2.05) is 20.9 Å². The topological polar surface area (TPSA) is 32.3 Å². The Kier molecular flexibility index (Phi) is 8.00. The van der Waals surface area contributed by atoms with Crippen LogP contribution in [0.4, 0.5) is 0 Å². The van der Waals surface area contributed by atoms with Gasteiger partial charge in [-0.15, -0.1) is 0 Å². The maximum Gasteiger partial charge on any atom is 0.135 e. The molecule has 0 spiro atoms. The Morgan fingerprint density at radius 3 is 2.37 bits per heavy atom. The summed E-state index contributed by atoms with van der Waals surface area (Å²) in [5.74, 6) is 0.431. The molecule has 0 heterocycles. The minimum atomic E-state index is -0.118. The second-order valence-electron chi connectivity index (χ2n) is 6.09. The molecule has 0 aromatic rings. The van der Waals surface area contributed by atoms with E-state index in [0.29, 0.717) is 12.2 Å². The van der Waals surface area contributed by atoms with Gasteiger partial charge in [-0.3, -0.25) is 10.1 Å². The van der Waals surface area contributed by atoms with Crippen molar-refractivity contribution in [1.82, 2.24) is 10.2 Å². The van der Waals surface area contributed by atoms with E-state index in [4.69, 9.17) is 0 Å². The summed E-state index contributed by atoms with van der Waals surface area (Å²) in [7, 11) is 2.04. The van der Waals surface area contributed by atoms with Crippen molar-refractivity contribution in [3.05, 3.63) is 12.3 Å². The number of rotatable bonds is 10. The predicted molar refractivity (Wildman–Crippen MR) is 83.0 cm³/mol. The quantitative estimate of drug-likeness (QED) is 0.485. The van der Waals surface area contributed by atoms with Crippen LogP contribution in [0, 0.1) is 5.92 Å². The number of Topliss-reactive ketones (excluding diaryl/α,β-unsaturated/α-hetero) is 1. The zero-order chi connectivity index (χ0) is 15.1. The third-order valence-electron chi connectivity index (χ3n) is 3.70. The first kappa shape index (κ1) is 18.2. The second kappa shape index (κ2) is 8.36. The smallest absolute Gasteiger partial charge is 0.135 e. The van der Waals surface area contributed by atoms with Crippen LogP contribution in [0.1, 0.15) is 60.3 Å². The number of ketones is 1. The van der Waals surface area contributed by atoms with Gasteiger partial charge in [0.1, 0.15) is 5.78 Å². The van der Waals surface area contributed by atoms with Crippen molar-refractivity contribution >= 4 is 5.78 Å². The number of hydrogen-bond donors (Lipinski definition) is 1. The van der Waals surface area contributed by atoms with Gasteiger partial charge in [0.25, 0.3) is 0 Å². The molecule has 0 aromatic carbocycles. The first-order valence-corrected chi connectivity index (χ1v) is 7.41. The molecule has 19 heavy (non-hydrogen) atoms. The van der Waals surface area contributed by atoms with E-state index in [0.717, 1.165) is 18.7 Å². The van der Waals surface area contributed by atoms with E-state index in [2.05, 4.69) is 37.6 Å². The Balaban J connectivity index is 4.26. The number of hydrogen-bond acceptors (Lipinski definition) is 3. The van der Waals surface area contributed by atoms with E-state index in [9.17, 15) is 4.79 Å². The summed E-state index contributed by atoms with van der Waals surface area (Å²) in [6.07, 6.45) is 3.70. The minimum Gasteiger partial charge on any atom is -0.361 e. The highest BCUT2D eigenvalue weighted by molar-refractivity contribution is 5.80. The van der Waals surface area contributed by atoms with Crippen LogP contribution in [0.2, 0.25) is 0 Å². The summed E-state index contributed by atoms with van der Waals surface area (Å²) in [6.45, 7) is 15.5. The van der Waals surface area contributed by atoms with Crippen molar-refractivity contribution in [2.24, 2.45) is 5.92 Å². The van der Waals surface area contributed by atoms with Gasteiger partial charge in [-0.2, -0.15) is 0 Å². The molecular weight excluding hydrogens is 236 g/mol. The highest BCUT2D eigenvalue weighted by Gasteiger charge is 2.23. The summed E-state index contributed by atoms with van der Waals surface area (Å²) in [4.78, 5) is 13.8. The summed E-state index contributed by atoms with van der Waals surface area (Å²) >= 11 is 0. The van der Waals surface area contributed by atoms with Crippen LogP contribution in [-0.2, 0) is 4.79 Å². The maximum absolute atomic E-state index is 11.7. The fourth-order valence-electron chi connectivity index (χ4n) is 1.81. The lowest BCUT2D eigenvalue weighted by Gasteiger charge is -2.39. The van der Waals surface area contributed by atoms with Crippen LogP contribution in [0.3, 0.4) is 0 Å². The first-order chi connectivity index (χ1) is 8.72. The molecule has 0 rings (SSSR count). The summed E-state index contributed by atoms with van der Waals surface area (Å²) < 4.78 is 0. The molecule has 0 aliphatic carbocycles. The molecule has 112 valence electrons. The van der Waals surface area contributed by atoms with Crippen molar-refractivity contribution in [1.29, 1.82) is 0 Å². The maximum atomic E-state index is 11.7. The molecule has 0 saturated heterocycles. The molecular formula is C16H32N2O. The molecule has 3 nitrogen and oxygen atoms in total. The molecule has 0 amide bonds. The van der Waals surface area contributed by atoms with E-state index < -0.39 is 0 Å². The Morgan fingerprint density at radius 2 is 1.89 bits per heavy atom. The fraction of sp³-hybridized carbons (Fsp3) is 0.812. The molecule has 0 aliphatic heterocycles. The first-order valence-electron chi connectivity index (χ1n) is 7.41. The molecule has 3 heteroatoms. The van der Waals surface area contributed by atoms with Crippen LogP contribution in [-0.4, -0.2) is 29.9 Å². The molecule has 0 unspecified atom stereocenters. The van der Waals surface area contributed by atoms with Crippen LogP contribution in [0.15, 0.2) is 12.3 Å². The molecule has 0 aromatic heterocycles. The van der Waals surface area contributed by atoms with Crippen molar-refractivity contribution in [2.75, 3.05) is 13.6 Å². The van der Waals surface area contributed by atoms with E-state index in [1.165, 1.54) is 12.8 Å². The van der Waals surface area contributed by atoms with Crippen LogP contribution >= 0.6 is 0 Å². The van der Waals surface area contributed by atoms with E-state index in [1.54, 1.807) is 0 Å². The van der Waals surface area contributed by atoms with Crippen LogP contribution < -0.4 is 5.32 Å². The fourth-order valence-corrected chi connectivity index (χ4v) is 1.81. The molecule has 0 atom stereocenters. The zero-order valence-corrected chi connectivity index (χ0v) is 13.7. The van der Waals surface area contributed by atoms with Gasteiger partial charge in [0, 0.05) is 25.1 Å². The third-order valence-corrected chi connectivity index (χ3v) is 3.70. The lowest BCUT2D eigenvalue weighted by atomic mass is 10.0. The minimum absolute atomic E-state index is 0.118. The van der Waals surface area contributed by atoms with E-state index in [-0.39, 0.29) is 11.6 Å². The Hall–Kier alpha value is -0.830. The zero-order valence-electron chi connectivity index (χ0n) is 13.7. The average Bonchev–Trinajstić information content (AvgIpc) is 2.34. The summed E-state index contributed by atoms with van der Waals surface area (Å²) in [6, 6.07) is 0. The van der Waals surface area contributed by atoms with Crippen LogP contribution in [0.5, 0.6) is 0 Å². The SMILES string of the molecule is C=C(CCC(=O)C(C)C)N(C)C(C)(C)NCCCC. The number of carbonyl (C=O) groups excluding carboxylic acids is 1. The van der Waals surface area contributed by atoms with Crippen LogP contribution in [0.25, 0.3) is 0 Å². The molecule has 0 saturated carbocycles. The normalized spacial score (nSPS) is 11.7. The number of nitrogens with zero attached hydrogens (tertiary/aromatic N) is 1. The highest BCUT2D eigenvalue weighted by atomic mass is 16.1. The van der Waals surface area contributed by atoms with Gasteiger partial charge in [0.2, 0.25) is 0 Å². The monoisotopic (exact) mass is 268 g/mol. The second-order valence-corrected chi connectivity index (χ2v) is 6.09. The van der Waals surface area contributed by atoms with E-state index >= 15 is 0 Å². The largest absolute Gasteiger partial charge is 0.361 e. The Bertz CT molecular complexity index is 295. The molecule has 0 radical (unpaired) electrons. The van der Waals surface area contributed by atoms with Gasteiger partial charge in [-0.05, 0) is 33.2 Å². The summed E-state index contributed by atoms with van der Waals surface area (Å²) in [5, 5.41) is 3.53. The van der Waals surface area contributed by atoms with Gasteiger partial charge in [0.15, 0.2) is 0 Å². The molecule has 0 bridgehead atoms. The number of nitrogens with one attached hydrogen (secondary N) is 1. The van der Waals surface area contributed by atoms with Gasteiger partial charge in [-0.1, -0.05) is 33.8 Å². The van der Waals surface area contributed by atoms with Gasteiger partial charge >= 0.3 is 0 Å². The average molecular weight is 268 g/mol. The van der Waals surface area contributed by atoms with Crippen molar-refractivity contribution in [3.63, 3.8) is 0 Å². The van der Waals surface area contributed by atoms with Gasteiger partial charge < -0.3 is 4.90 Å². The van der Waals surface area contributed by atoms with Crippen molar-refractivity contribution in [3.8, 4) is 0 Å². The van der Waals surface area contributed by atoms with Crippen molar-refractivity contribution < 1.29 is 4.79 Å². The Morgan fingerprint density at radius 1 is 1.32 bits per heavy atom.